The lowest BCUT2D eigenvalue weighted by Gasteiger charge is -2.08. The molecule has 0 aliphatic carbocycles. The molecule has 0 aliphatic rings. The summed E-state index contributed by atoms with van der Waals surface area (Å²) in [4.78, 5) is 4.01. The van der Waals surface area contributed by atoms with E-state index < -0.39 is 10.0 Å². The van der Waals surface area contributed by atoms with Crippen molar-refractivity contribution in [2.45, 2.75) is 19.8 Å². The molecule has 1 N–H and O–H groups in total. The second-order valence-corrected chi connectivity index (χ2v) is 5.67. The summed E-state index contributed by atoms with van der Waals surface area (Å²) in [6, 6.07) is 3.39. The van der Waals surface area contributed by atoms with Crippen LogP contribution in [-0.4, -0.2) is 25.0 Å². The molecule has 0 atom stereocenters. The third kappa shape index (κ3) is 4.37. The summed E-state index contributed by atoms with van der Waals surface area (Å²) in [6.07, 6.45) is 2.90. The molecule has 1 aromatic rings. The van der Waals surface area contributed by atoms with E-state index in [4.69, 9.17) is 11.6 Å². The predicted octanol–water partition coefficient (Wildman–Crippen LogP) is 2.15. The number of alkyl halides is 1. The monoisotopic (exact) mass is 262 g/mol. The number of aryl methyl sites for hydroxylation is 1. The zero-order chi connectivity index (χ0) is 12.0. The molecule has 0 aliphatic heterocycles. The van der Waals surface area contributed by atoms with Crippen LogP contribution >= 0.6 is 11.6 Å². The van der Waals surface area contributed by atoms with Crippen LogP contribution in [0.5, 0.6) is 0 Å². The molecular weight excluding hydrogens is 248 g/mol. The summed E-state index contributed by atoms with van der Waals surface area (Å²) in [5.74, 6) is 0.579. The number of nitrogens with zero attached hydrogens (tertiary/aromatic N) is 1. The summed E-state index contributed by atoms with van der Waals surface area (Å²) in [5.41, 5.74) is 1.21. The number of anilines is 1. The first kappa shape index (κ1) is 13.3. The van der Waals surface area contributed by atoms with Crippen LogP contribution in [-0.2, 0) is 10.0 Å². The van der Waals surface area contributed by atoms with Crippen LogP contribution in [0, 0.1) is 6.92 Å². The fourth-order valence-electron chi connectivity index (χ4n) is 1.20. The molecule has 0 saturated carbocycles. The fraction of sp³-hybridized carbons (Fsp3) is 0.500. The van der Waals surface area contributed by atoms with E-state index in [-0.39, 0.29) is 5.75 Å². The van der Waals surface area contributed by atoms with E-state index in [9.17, 15) is 8.42 Å². The molecule has 0 spiro atoms. The Morgan fingerprint density at radius 1 is 1.44 bits per heavy atom. The Morgan fingerprint density at radius 2 is 2.19 bits per heavy atom. The Bertz CT molecular complexity index is 434. The third-order valence-electron chi connectivity index (χ3n) is 2.07. The first-order chi connectivity index (χ1) is 7.55. The molecule has 1 heterocycles. The van der Waals surface area contributed by atoms with E-state index >= 15 is 0 Å². The van der Waals surface area contributed by atoms with Gasteiger partial charge in [-0.25, -0.2) is 8.42 Å². The molecule has 6 heteroatoms. The number of nitrogens with one attached hydrogen (secondary N) is 1. The van der Waals surface area contributed by atoms with E-state index in [2.05, 4.69) is 9.71 Å². The molecule has 16 heavy (non-hydrogen) atoms. The van der Waals surface area contributed by atoms with E-state index in [0.29, 0.717) is 30.1 Å². The number of pyridine rings is 1. The number of hydrogen-bond donors (Lipinski definition) is 1. The van der Waals surface area contributed by atoms with E-state index in [1.807, 2.05) is 0 Å². The van der Waals surface area contributed by atoms with Crippen LogP contribution in [0.4, 0.5) is 5.69 Å². The summed E-state index contributed by atoms with van der Waals surface area (Å²) in [6.45, 7) is 1.76. The minimum atomic E-state index is -3.28. The molecule has 0 unspecified atom stereocenters. The maximum absolute atomic E-state index is 11.6. The highest BCUT2D eigenvalue weighted by Crippen LogP contribution is 2.13. The highest BCUT2D eigenvalue weighted by Gasteiger charge is 2.11. The zero-order valence-corrected chi connectivity index (χ0v) is 10.7. The van der Waals surface area contributed by atoms with Crippen LogP contribution in [0.2, 0.25) is 0 Å². The van der Waals surface area contributed by atoms with Crippen molar-refractivity contribution in [2.24, 2.45) is 0 Å². The highest BCUT2D eigenvalue weighted by atomic mass is 35.5. The molecule has 0 aromatic carbocycles. The van der Waals surface area contributed by atoms with Crippen LogP contribution in [0.1, 0.15) is 18.5 Å². The molecule has 1 rings (SSSR count). The lowest BCUT2D eigenvalue weighted by molar-refractivity contribution is 0.598. The number of sulfonamides is 1. The van der Waals surface area contributed by atoms with Crippen LogP contribution < -0.4 is 4.72 Å². The largest absolute Gasteiger partial charge is 0.282 e. The van der Waals surface area contributed by atoms with Gasteiger partial charge in [-0.05, 0) is 31.9 Å². The van der Waals surface area contributed by atoms with Crippen molar-refractivity contribution < 1.29 is 8.42 Å². The van der Waals surface area contributed by atoms with Gasteiger partial charge in [0.15, 0.2) is 0 Å². The van der Waals surface area contributed by atoms with Gasteiger partial charge >= 0.3 is 0 Å². The quantitative estimate of drug-likeness (QED) is 0.631. The van der Waals surface area contributed by atoms with Crippen molar-refractivity contribution in [3.05, 3.63) is 24.0 Å². The molecule has 90 valence electrons. The number of hydrogen-bond acceptors (Lipinski definition) is 3. The van der Waals surface area contributed by atoms with Gasteiger partial charge in [-0.2, -0.15) is 0 Å². The average molecular weight is 263 g/mol. The van der Waals surface area contributed by atoms with E-state index in [1.54, 1.807) is 25.3 Å². The SMILES string of the molecule is Cc1ncccc1NS(=O)(=O)CCCCCl. The van der Waals surface area contributed by atoms with E-state index in [1.165, 1.54) is 0 Å². The van der Waals surface area contributed by atoms with Gasteiger partial charge in [-0.3, -0.25) is 9.71 Å². The first-order valence-corrected chi connectivity index (χ1v) is 7.22. The first-order valence-electron chi connectivity index (χ1n) is 5.03. The summed E-state index contributed by atoms with van der Waals surface area (Å²) < 4.78 is 25.8. The molecule has 0 radical (unpaired) electrons. The van der Waals surface area contributed by atoms with Crippen molar-refractivity contribution >= 4 is 27.3 Å². The smallest absolute Gasteiger partial charge is 0.232 e. The maximum Gasteiger partial charge on any atom is 0.232 e. The number of rotatable bonds is 6. The van der Waals surface area contributed by atoms with Gasteiger partial charge in [0.25, 0.3) is 0 Å². The lowest BCUT2D eigenvalue weighted by Crippen LogP contribution is -2.17. The van der Waals surface area contributed by atoms with Gasteiger partial charge in [0.2, 0.25) is 10.0 Å². The fourth-order valence-corrected chi connectivity index (χ4v) is 2.62. The molecule has 0 amide bonds. The molecule has 0 fully saturated rings. The minimum Gasteiger partial charge on any atom is -0.282 e. The van der Waals surface area contributed by atoms with Gasteiger partial charge in [0, 0.05) is 12.1 Å². The Labute approximate surface area is 101 Å². The number of aromatic nitrogens is 1. The summed E-state index contributed by atoms with van der Waals surface area (Å²) in [7, 11) is -3.28. The van der Waals surface area contributed by atoms with Crippen molar-refractivity contribution in [3.8, 4) is 0 Å². The van der Waals surface area contributed by atoms with Crippen molar-refractivity contribution in [3.63, 3.8) is 0 Å². The van der Waals surface area contributed by atoms with Crippen LogP contribution in [0.25, 0.3) is 0 Å². The average Bonchev–Trinajstić information content (AvgIpc) is 2.21. The molecule has 0 saturated heterocycles. The van der Waals surface area contributed by atoms with Crippen LogP contribution in [0.3, 0.4) is 0 Å². The van der Waals surface area contributed by atoms with Gasteiger partial charge in [-0.15, -0.1) is 11.6 Å². The Balaban J connectivity index is 2.63. The molecule has 0 bridgehead atoms. The minimum absolute atomic E-state index is 0.0913. The normalized spacial score (nSPS) is 11.4. The Kier molecular flexibility index (Phi) is 5.02. The maximum atomic E-state index is 11.6. The van der Waals surface area contributed by atoms with Crippen molar-refractivity contribution in [1.82, 2.24) is 4.98 Å². The Hall–Kier alpha value is -0.810. The second kappa shape index (κ2) is 6.06. The number of halogens is 1. The molecular formula is C10H15ClN2O2S. The predicted molar refractivity (Wildman–Crippen MR) is 66.3 cm³/mol. The molecule has 4 nitrogen and oxygen atoms in total. The highest BCUT2D eigenvalue weighted by molar-refractivity contribution is 7.92. The summed E-state index contributed by atoms with van der Waals surface area (Å²) in [5, 5.41) is 0. The molecule has 1 aromatic heterocycles. The topological polar surface area (TPSA) is 59.1 Å². The second-order valence-electron chi connectivity index (χ2n) is 3.45. The van der Waals surface area contributed by atoms with Gasteiger partial charge < -0.3 is 0 Å². The zero-order valence-electron chi connectivity index (χ0n) is 9.11. The summed E-state index contributed by atoms with van der Waals surface area (Å²) >= 11 is 5.49. The van der Waals surface area contributed by atoms with Crippen molar-refractivity contribution in [2.75, 3.05) is 16.4 Å². The number of unbranched alkanes of at least 4 members (excludes halogenated alkanes) is 1. The standard InChI is InChI=1S/C10H15ClN2O2S/c1-9-10(5-4-7-12-9)13-16(14,15)8-3-2-6-11/h4-5,7,13H,2-3,6,8H2,1H3. The Morgan fingerprint density at radius 3 is 2.81 bits per heavy atom. The van der Waals surface area contributed by atoms with Gasteiger partial charge in [0.05, 0.1) is 17.1 Å². The van der Waals surface area contributed by atoms with Crippen molar-refractivity contribution in [1.29, 1.82) is 0 Å². The lowest BCUT2D eigenvalue weighted by atomic mass is 10.3. The van der Waals surface area contributed by atoms with Gasteiger partial charge in [-0.1, -0.05) is 0 Å². The van der Waals surface area contributed by atoms with Gasteiger partial charge in [0.1, 0.15) is 0 Å². The van der Waals surface area contributed by atoms with Crippen LogP contribution in [0.15, 0.2) is 18.3 Å². The third-order valence-corrected chi connectivity index (χ3v) is 3.69. The van der Waals surface area contributed by atoms with E-state index in [0.717, 1.165) is 0 Å².